The van der Waals surface area contributed by atoms with Gasteiger partial charge < -0.3 is 23.9 Å². The van der Waals surface area contributed by atoms with Crippen molar-refractivity contribution in [3.8, 4) is 5.75 Å². The molecule has 8 nitrogen and oxygen atoms in total. The van der Waals surface area contributed by atoms with Gasteiger partial charge in [-0.15, -0.1) is 0 Å². The Kier molecular flexibility index (Phi) is 6.74. The van der Waals surface area contributed by atoms with E-state index < -0.39 is 17.8 Å². The zero-order valence-corrected chi connectivity index (χ0v) is 19.4. The first-order valence-corrected chi connectivity index (χ1v) is 11.1. The number of methoxy groups -OCH3 is 1. The largest absolute Gasteiger partial charge is 0.496 e. The molecule has 0 aliphatic carbocycles. The van der Waals surface area contributed by atoms with Crippen LogP contribution >= 0.6 is 11.6 Å². The van der Waals surface area contributed by atoms with Crippen LogP contribution in [0.15, 0.2) is 51.9 Å². The molecule has 1 unspecified atom stereocenters. The first-order chi connectivity index (χ1) is 16.3. The third-order valence-electron chi connectivity index (χ3n) is 5.81. The smallest absolute Gasteiger partial charge is 0.257 e. The summed E-state index contributed by atoms with van der Waals surface area (Å²) in [6.07, 6.45) is 1.75. The van der Waals surface area contributed by atoms with Gasteiger partial charge in [0.05, 0.1) is 30.0 Å². The highest BCUT2D eigenvalue weighted by molar-refractivity contribution is 6.33. The Morgan fingerprint density at radius 3 is 2.68 bits per heavy atom. The Bertz CT molecular complexity index is 1290. The van der Waals surface area contributed by atoms with Crippen LogP contribution in [0.2, 0.25) is 5.02 Å². The number of hydrogen-bond donors (Lipinski definition) is 1. The second-order valence-electron chi connectivity index (χ2n) is 7.90. The van der Waals surface area contributed by atoms with Crippen LogP contribution < -0.4 is 15.6 Å². The predicted molar refractivity (Wildman–Crippen MR) is 123 cm³/mol. The van der Waals surface area contributed by atoms with Gasteiger partial charge in [-0.25, -0.2) is 4.39 Å². The summed E-state index contributed by atoms with van der Waals surface area (Å²) < 4.78 is 25.6. The molecule has 0 spiro atoms. The standard InChI is InChI=1S/C24H23ClFN3O5/c1-14(19-4-3-11-34-19)27-23(31)22-18-7-8-28(9-10-29(18)21(30)13-20(22)33-2)24(32)16-6-5-15(26)12-17(16)25/h3-6,11-14H,7-10H2,1-2H3,(H,27,31). The Hall–Kier alpha value is -3.59. The number of rotatable bonds is 5. The molecule has 1 N–H and O–H groups in total. The van der Waals surface area contributed by atoms with E-state index in [1.165, 1.54) is 41.0 Å². The fraction of sp³-hybridized carbons (Fsp3) is 0.292. The van der Waals surface area contributed by atoms with E-state index in [0.29, 0.717) is 11.5 Å². The Labute approximate surface area is 199 Å². The van der Waals surface area contributed by atoms with Gasteiger partial charge in [-0.05, 0) is 37.3 Å². The lowest BCUT2D eigenvalue weighted by molar-refractivity contribution is 0.0759. The number of ether oxygens (including phenoxy) is 1. The molecular weight excluding hydrogens is 465 g/mol. The van der Waals surface area contributed by atoms with Gasteiger partial charge in [0.25, 0.3) is 17.4 Å². The molecule has 0 bridgehead atoms. The van der Waals surface area contributed by atoms with Crippen LogP contribution in [0.4, 0.5) is 4.39 Å². The molecule has 1 aliphatic heterocycles. The number of pyridine rings is 1. The maximum atomic E-state index is 13.4. The Morgan fingerprint density at radius 2 is 2.00 bits per heavy atom. The second kappa shape index (κ2) is 9.72. The number of carbonyl (C=O) groups excluding carboxylic acids is 2. The minimum Gasteiger partial charge on any atom is -0.496 e. The van der Waals surface area contributed by atoms with Crippen molar-refractivity contribution < 1.29 is 23.1 Å². The average molecular weight is 488 g/mol. The maximum Gasteiger partial charge on any atom is 0.257 e. The molecule has 0 saturated carbocycles. The molecular formula is C24H23ClFN3O5. The van der Waals surface area contributed by atoms with Crippen LogP contribution in [0.1, 0.15) is 45.1 Å². The summed E-state index contributed by atoms with van der Waals surface area (Å²) in [6.45, 7) is 2.41. The van der Waals surface area contributed by atoms with Crippen molar-refractivity contribution in [1.82, 2.24) is 14.8 Å². The quantitative estimate of drug-likeness (QED) is 0.595. The van der Waals surface area contributed by atoms with Crippen LogP contribution in [0.25, 0.3) is 0 Å². The molecule has 1 atom stereocenters. The van der Waals surface area contributed by atoms with Crippen LogP contribution in [-0.2, 0) is 13.0 Å². The van der Waals surface area contributed by atoms with E-state index in [9.17, 15) is 18.8 Å². The zero-order chi connectivity index (χ0) is 24.4. The first-order valence-electron chi connectivity index (χ1n) is 10.7. The average Bonchev–Trinajstić information content (AvgIpc) is 3.25. The number of fused-ring (bicyclic) bond motifs is 1. The van der Waals surface area contributed by atoms with Gasteiger partial charge in [0.15, 0.2) is 0 Å². The monoisotopic (exact) mass is 487 g/mol. The fourth-order valence-electron chi connectivity index (χ4n) is 4.07. The van der Waals surface area contributed by atoms with Crippen LogP contribution in [0.3, 0.4) is 0 Å². The van der Waals surface area contributed by atoms with E-state index in [-0.39, 0.29) is 59.4 Å². The molecule has 4 rings (SSSR count). The van der Waals surface area contributed by atoms with E-state index in [1.807, 2.05) is 0 Å². The van der Waals surface area contributed by atoms with Crippen molar-refractivity contribution in [2.45, 2.75) is 25.9 Å². The van der Waals surface area contributed by atoms with Crippen molar-refractivity contribution in [3.63, 3.8) is 0 Å². The summed E-state index contributed by atoms with van der Waals surface area (Å²) in [5.41, 5.74) is 0.532. The Balaban J connectivity index is 1.64. The van der Waals surface area contributed by atoms with Gasteiger partial charge in [0.1, 0.15) is 22.9 Å². The van der Waals surface area contributed by atoms with E-state index in [4.69, 9.17) is 20.8 Å². The van der Waals surface area contributed by atoms with Crippen molar-refractivity contribution in [3.05, 3.63) is 86.4 Å². The molecule has 0 radical (unpaired) electrons. The van der Waals surface area contributed by atoms with Crippen LogP contribution in [0.5, 0.6) is 5.75 Å². The minimum atomic E-state index is -0.539. The number of hydrogen-bond acceptors (Lipinski definition) is 5. The number of nitrogens with zero attached hydrogens (tertiary/aromatic N) is 2. The van der Waals surface area contributed by atoms with E-state index in [0.717, 1.165) is 6.07 Å². The summed E-state index contributed by atoms with van der Waals surface area (Å²) in [6, 6.07) is 7.92. The summed E-state index contributed by atoms with van der Waals surface area (Å²) >= 11 is 6.08. The number of halogens is 2. The van der Waals surface area contributed by atoms with Crippen LogP contribution in [0, 0.1) is 5.82 Å². The van der Waals surface area contributed by atoms with Crippen molar-refractivity contribution in [1.29, 1.82) is 0 Å². The SMILES string of the molecule is COc1cc(=O)n2c(c1C(=O)NC(C)c1ccco1)CCN(C(=O)c1ccc(F)cc1Cl)CC2. The molecule has 3 aromatic rings. The fourth-order valence-corrected chi connectivity index (χ4v) is 4.32. The number of benzene rings is 1. The van der Waals surface area contributed by atoms with E-state index in [2.05, 4.69) is 5.32 Å². The van der Waals surface area contributed by atoms with Gasteiger partial charge >= 0.3 is 0 Å². The second-order valence-corrected chi connectivity index (χ2v) is 8.31. The molecule has 178 valence electrons. The maximum absolute atomic E-state index is 13.4. The lowest BCUT2D eigenvalue weighted by Crippen LogP contribution is -2.34. The van der Waals surface area contributed by atoms with E-state index >= 15 is 0 Å². The van der Waals surface area contributed by atoms with Crippen molar-refractivity contribution in [2.75, 3.05) is 20.2 Å². The molecule has 3 heterocycles. The number of amides is 2. The number of carbonyl (C=O) groups is 2. The van der Waals surface area contributed by atoms with Crippen molar-refractivity contribution >= 4 is 23.4 Å². The van der Waals surface area contributed by atoms with Gasteiger partial charge in [0, 0.05) is 37.8 Å². The summed E-state index contributed by atoms with van der Waals surface area (Å²) in [4.78, 5) is 40.6. The molecule has 2 aromatic heterocycles. The predicted octanol–water partition coefficient (Wildman–Crippen LogP) is 3.43. The molecule has 0 fully saturated rings. The number of furan rings is 1. The van der Waals surface area contributed by atoms with Crippen molar-refractivity contribution in [2.24, 2.45) is 0 Å². The first kappa shape index (κ1) is 23.6. The number of nitrogens with one attached hydrogen (secondary N) is 1. The highest BCUT2D eigenvalue weighted by atomic mass is 35.5. The normalized spacial score (nSPS) is 14.2. The summed E-state index contributed by atoms with van der Waals surface area (Å²) in [5, 5.41) is 2.89. The third-order valence-corrected chi connectivity index (χ3v) is 6.12. The third kappa shape index (κ3) is 4.56. The topological polar surface area (TPSA) is 93.8 Å². The van der Waals surface area contributed by atoms with E-state index in [1.54, 1.807) is 19.1 Å². The Morgan fingerprint density at radius 1 is 1.21 bits per heavy atom. The minimum absolute atomic E-state index is 0.0116. The van der Waals surface area contributed by atoms with Gasteiger partial charge in [-0.3, -0.25) is 14.4 Å². The molecule has 1 aliphatic rings. The zero-order valence-electron chi connectivity index (χ0n) is 18.6. The number of aromatic nitrogens is 1. The lowest BCUT2D eigenvalue weighted by atomic mass is 10.1. The summed E-state index contributed by atoms with van der Waals surface area (Å²) in [7, 11) is 1.39. The van der Waals surface area contributed by atoms with Gasteiger partial charge in [-0.2, -0.15) is 0 Å². The molecule has 10 heteroatoms. The molecule has 1 aromatic carbocycles. The molecule has 34 heavy (non-hydrogen) atoms. The van der Waals surface area contributed by atoms with Gasteiger partial charge in [-0.1, -0.05) is 11.6 Å². The highest BCUT2D eigenvalue weighted by Crippen LogP contribution is 2.25. The lowest BCUT2D eigenvalue weighted by Gasteiger charge is -2.20. The molecule has 0 saturated heterocycles. The summed E-state index contributed by atoms with van der Waals surface area (Å²) in [5.74, 6) is -0.606. The van der Waals surface area contributed by atoms with Crippen LogP contribution in [-0.4, -0.2) is 41.5 Å². The molecule has 2 amide bonds. The highest BCUT2D eigenvalue weighted by Gasteiger charge is 2.28. The van der Waals surface area contributed by atoms with Gasteiger partial charge in [0.2, 0.25) is 0 Å².